The lowest BCUT2D eigenvalue weighted by molar-refractivity contribution is 0.00631. The molecule has 0 saturated heterocycles. The highest BCUT2D eigenvalue weighted by molar-refractivity contribution is 6.83. The van der Waals surface area contributed by atoms with E-state index in [1.54, 1.807) is 12.3 Å². The number of nitrogens with zero attached hydrogens (tertiary/aromatic N) is 1. The van der Waals surface area contributed by atoms with Crippen LogP contribution in [0.3, 0.4) is 0 Å². The summed E-state index contributed by atoms with van der Waals surface area (Å²) in [6, 6.07) is 7.90. The first-order valence-electron chi connectivity index (χ1n) is 8.70. The Morgan fingerprint density at radius 1 is 1.12 bits per heavy atom. The maximum atomic E-state index is 12.3. The quantitative estimate of drug-likeness (QED) is 0.379. The number of carbonyl (C=O) groups excluding carboxylic acids is 1. The maximum absolute atomic E-state index is 12.3. The van der Waals surface area contributed by atoms with Gasteiger partial charge < -0.3 is 9.72 Å². The molecular formula is C21H24N2O2Si. The Hall–Kier alpha value is -2.58. The molecule has 0 atom stereocenters. The van der Waals surface area contributed by atoms with Crippen LogP contribution in [0.15, 0.2) is 30.5 Å². The molecule has 26 heavy (non-hydrogen) atoms. The number of H-pyrrole nitrogens is 1. The third-order valence-electron chi connectivity index (χ3n) is 3.67. The van der Waals surface area contributed by atoms with Crippen molar-refractivity contribution < 1.29 is 9.53 Å². The third kappa shape index (κ3) is 4.14. The van der Waals surface area contributed by atoms with Gasteiger partial charge in [0, 0.05) is 21.9 Å². The molecule has 0 aliphatic heterocycles. The van der Waals surface area contributed by atoms with Gasteiger partial charge in [0.15, 0.2) is 0 Å². The minimum atomic E-state index is -1.43. The maximum Gasteiger partial charge on any atom is 0.357 e. The molecule has 2 heterocycles. The zero-order valence-corrected chi connectivity index (χ0v) is 17.2. The van der Waals surface area contributed by atoms with Crippen LogP contribution < -0.4 is 0 Å². The van der Waals surface area contributed by atoms with Crippen molar-refractivity contribution >= 4 is 35.8 Å². The van der Waals surface area contributed by atoms with Crippen molar-refractivity contribution in [2.75, 3.05) is 0 Å². The molecule has 1 N–H and O–H groups in total. The van der Waals surface area contributed by atoms with Crippen LogP contribution in [-0.4, -0.2) is 29.6 Å². The first-order chi connectivity index (χ1) is 12.0. The summed E-state index contributed by atoms with van der Waals surface area (Å²) in [5.74, 6) is 2.88. The SMILES string of the molecule is CC(C)(C)OC(=O)c1cc2c(cn1)[nH]c1ccc(C#C[Si](C)(C)C)cc12. The largest absolute Gasteiger partial charge is 0.455 e. The fourth-order valence-corrected chi connectivity index (χ4v) is 3.10. The summed E-state index contributed by atoms with van der Waals surface area (Å²) < 4.78 is 5.43. The van der Waals surface area contributed by atoms with Crippen molar-refractivity contribution in [2.24, 2.45) is 0 Å². The third-order valence-corrected chi connectivity index (χ3v) is 4.55. The molecule has 0 radical (unpaired) electrons. The first kappa shape index (κ1) is 18.2. The molecule has 5 heteroatoms. The Morgan fingerprint density at radius 2 is 1.81 bits per heavy atom. The van der Waals surface area contributed by atoms with E-state index in [1.807, 2.05) is 32.9 Å². The van der Waals surface area contributed by atoms with E-state index in [0.29, 0.717) is 5.69 Å². The Kier molecular flexibility index (Phi) is 4.41. The number of nitrogens with one attached hydrogen (secondary N) is 1. The number of esters is 1. The molecule has 1 aromatic carbocycles. The number of carbonyl (C=O) groups is 1. The van der Waals surface area contributed by atoms with E-state index in [2.05, 4.69) is 47.1 Å². The van der Waals surface area contributed by atoms with Crippen LogP contribution in [0.2, 0.25) is 19.6 Å². The van der Waals surface area contributed by atoms with Crippen LogP contribution in [0.25, 0.3) is 21.8 Å². The number of aromatic amines is 1. The Balaban J connectivity index is 2.08. The van der Waals surface area contributed by atoms with Gasteiger partial charge in [-0.15, -0.1) is 5.54 Å². The van der Waals surface area contributed by atoms with E-state index in [4.69, 9.17) is 4.74 Å². The van der Waals surface area contributed by atoms with Gasteiger partial charge in [0.25, 0.3) is 0 Å². The molecule has 0 spiro atoms. The van der Waals surface area contributed by atoms with Gasteiger partial charge in [-0.05, 0) is 45.0 Å². The number of aromatic nitrogens is 2. The summed E-state index contributed by atoms with van der Waals surface area (Å²) in [6.07, 6.45) is 1.68. The number of hydrogen-bond donors (Lipinski definition) is 1. The smallest absolute Gasteiger partial charge is 0.357 e. The van der Waals surface area contributed by atoms with Gasteiger partial charge in [-0.2, -0.15) is 0 Å². The predicted molar refractivity (Wildman–Crippen MR) is 109 cm³/mol. The minimum Gasteiger partial charge on any atom is -0.455 e. The topological polar surface area (TPSA) is 55.0 Å². The van der Waals surface area contributed by atoms with E-state index in [9.17, 15) is 4.79 Å². The molecule has 0 saturated carbocycles. The average Bonchev–Trinajstić information content (AvgIpc) is 2.87. The van der Waals surface area contributed by atoms with Crippen molar-refractivity contribution in [1.29, 1.82) is 0 Å². The second-order valence-corrected chi connectivity index (χ2v) is 13.3. The molecular weight excluding hydrogens is 340 g/mol. The van der Waals surface area contributed by atoms with Crippen molar-refractivity contribution in [3.63, 3.8) is 0 Å². The predicted octanol–water partition coefficient (Wildman–Crippen LogP) is 4.90. The van der Waals surface area contributed by atoms with Gasteiger partial charge in [-0.1, -0.05) is 25.6 Å². The second-order valence-electron chi connectivity index (χ2n) is 8.50. The van der Waals surface area contributed by atoms with Gasteiger partial charge in [0.1, 0.15) is 19.4 Å². The van der Waals surface area contributed by atoms with Crippen molar-refractivity contribution in [3.05, 3.63) is 41.7 Å². The average molecular weight is 365 g/mol. The van der Waals surface area contributed by atoms with Crippen LogP contribution >= 0.6 is 0 Å². The number of pyridine rings is 1. The van der Waals surface area contributed by atoms with Crippen LogP contribution in [-0.2, 0) is 4.74 Å². The summed E-state index contributed by atoms with van der Waals surface area (Å²) in [4.78, 5) is 19.9. The van der Waals surface area contributed by atoms with E-state index in [1.165, 1.54) is 0 Å². The molecule has 134 valence electrons. The van der Waals surface area contributed by atoms with Crippen LogP contribution in [0.1, 0.15) is 36.8 Å². The summed E-state index contributed by atoms with van der Waals surface area (Å²) in [5, 5.41) is 1.99. The highest BCUT2D eigenvalue weighted by Gasteiger charge is 2.19. The van der Waals surface area contributed by atoms with E-state index >= 15 is 0 Å². The molecule has 3 aromatic rings. The van der Waals surface area contributed by atoms with Crippen LogP contribution in [0, 0.1) is 11.5 Å². The second kappa shape index (κ2) is 6.29. The monoisotopic (exact) mass is 364 g/mol. The zero-order chi connectivity index (χ0) is 19.1. The zero-order valence-electron chi connectivity index (χ0n) is 16.2. The van der Waals surface area contributed by atoms with Crippen molar-refractivity contribution in [3.8, 4) is 11.5 Å². The highest BCUT2D eigenvalue weighted by atomic mass is 28.3. The Labute approximate surface area is 155 Å². The number of rotatable bonds is 1. The van der Waals surface area contributed by atoms with E-state index < -0.39 is 19.6 Å². The van der Waals surface area contributed by atoms with E-state index in [-0.39, 0.29) is 0 Å². The van der Waals surface area contributed by atoms with Crippen molar-refractivity contribution in [2.45, 2.75) is 46.0 Å². The van der Waals surface area contributed by atoms with Gasteiger partial charge in [0.05, 0.1) is 11.7 Å². The fraction of sp³-hybridized carbons (Fsp3) is 0.333. The minimum absolute atomic E-state index is 0.312. The Bertz CT molecular complexity index is 1060. The van der Waals surface area contributed by atoms with Gasteiger partial charge >= 0.3 is 5.97 Å². The molecule has 0 unspecified atom stereocenters. The highest BCUT2D eigenvalue weighted by Crippen LogP contribution is 2.27. The molecule has 0 bridgehead atoms. The summed E-state index contributed by atoms with van der Waals surface area (Å²) in [5.41, 5.74) is 6.03. The lowest BCUT2D eigenvalue weighted by Gasteiger charge is -2.18. The van der Waals surface area contributed by atoms with Crippen LogP contribution in [0.4, 0.5) is 0 Å². The number of benzene rings is 1. The number of fused-ring (bicyclic) bond motifs is 3. The summed E-state index contributed by atoms with van der Waals surface area (Å²) in [6.45, 7) is 12.2. The lowest BCUT2D eigenvalue weighted by Crippen LogP contribution is -2.24. The molecule has 0 fully saturated rings. The van der Waals surface area contributed by atoms with Gasteiger partial charge in [-0.3, -0.25) is 0 Å². The molecule has 0 aliphatic rings. The van der Waals surface area contributed by atoms with Gasteiger partial charge in [-0.25, -0.2) is 9.78 Å². The summed E-state index contributed by atoms with van der Waals surface area (Å²) in [7, 11) is -1.43. The standard InChI is InChI=1S/C21H24N2O2Si/c1-21(2,3)25-20(24)18-12-16-15-11-14(9-10-26(4,5)6)7-8-17(15)23-19(16)13-22-18/h7-8,11-13,23H,1-6H3. The molecule has 2 aromatic heterocycles. The molecule has 4 nitrogen and oxygen atoms in total. The molecule has 0 amide bonds. The first-order valence-corrected chi connectivity index (χ1v) is 12.2. The normalized spacial score (nSPS) is 12.1. The van der Waals surface area contributed by atoms with Crippen molar-refractivity contribution in [1.82, 2.24) is 9.97 Å². The fourth-order valence-electron chi connectivity index (χ4n) is 2.58. The van der Waals surface area contributed by atoms with E-state index in [0.717, 1.165) is 27.4 Å². The lowest BCUT2D eigenvalue weighted by atomic mass is 10.1. The number of ether oxygens (including phenoxy) is 1. The molecule has 3 rings (SSSR count). The summed E-state index contributed by atoms with van der Waals surface area (Å²) >= 11 is 0. The Morgan fingerprint density at radius 3 is 2.46 bits per heavy atom. The number of hydrogen-bond acceptors (Lipinski definition) is 3. The molecule has 0 aliphatic carbocycles. The van der Waals surface area contributed by atoms with Crippen LogP contribution in [0.5, 0.6) is 0 Å². The van der Waals surface area contributed by atoms with Gasteiger partial charge in [0.2, 0.25) is 0 Å².